The van der Waals surface area contributed by atoms with E-state index in [2.05, 4.69) is 9.97 Å². The largest absolute Gasteiger partial charge is 0.494 e. The van der Waals surface area contributed by atoms with Gasteiger partial charge in [-0.25, -0.2) is 9.97 Å². The van der Waals surface area contributed by atoms with E-state index in [0.29, 0.717) is 23.5 Å². The van der Waals surface area contributed by atoms with Gasteiger partial charge < -0.3 is 4.74 Å². The van der Waals surface area contributed by atoms with Gasteiger partial charge in [-0.1, -0.05) is 11.6 Å². The molecule has 98 valence electrons. The van der Waals surface area contributed by atoms with Gasteiger partial charge in [0.2, 0.25) is 0 Å². The SMILES string of the molecule is CCOc1ccc(-c2nc(Cl)cc(C3CC3)n2)cc1. The van der Waals surface area contributed by atoms with Crippen molar-refractivity contribution in [2.45, 2.75) is 25.7 Å². The normalized spacial score (nSPS) is 14.4. The second-order valence-corrected chi connectivity index (χ2v) is 5.06. The molecule has 0 spiro atoms. The van der Waals surface area contributed by atoms with Crippen molar-refractivity contribution < 1.29 is 4.74 Å². The van der Waals surface area contributed by atoms with Crippen LogP contribution in [0.3, 0.4) is 0 Å². The summed E-state index contributed by atoms with van der Waals surface area (Å²) in [6.45, 7) is 2.63. The Balaban J connectivity index is 1.92. The first-order valence-electron chi connectivity index (χ1n) is 6.54. The van der Waals surface area contributed by atoms with E-state index >= 15 is 0 Å². The van der Waals surface area contributed by atoms with Crippen LogP contribution in [0.4, 0.5) is 0 Å². The summed E-state index contributed by atoms with van der Waals surface area (Å²) in [5.74, 6) is 2.12. The van der Waals surface area contributed by atoms with Gasteiger partial charge in [0.25, 0.3) is 0 Å². The third kappa shape index (κ3) is 2.87. The average Bonchev–Trinajstić information content (AvgIpc) is 3.23. The van der Waals surface area contributed by atoms with E-state index in [1.165, 1.54) is 12.8 Å². The highest BCUT2D eigenvalue weighted by molar-refractivity contribution is 6.29. The molecule has 3 rings (SSSR count). The lowest BCUT2D eigenvalue weighted by Crippen LogP contribution is -1.95. The van der Waals surface area contributed by atoms with Crippen molar-refractivity contribution >= 4 is 11.6 Å². The predicted octanol–water partition coefficient (Wildman–Crippen LogP) is 4.07. The second-order valence-electron chi connectivity index (χ2n) is 4.67. The van der Waals surface area contributed by atoms with Crippen molar-refractivity contribution in [2.75, 3.05) is 6.61 Å². The smallest absolute Gasteiger partial charge is 0.161 e. The van der Waals surface area contributed by atoms with Crippen LogP contribution in [0.5, 0.6) is 5.75 Å². The topological polar surface area (TPSA) is 35.0 Å². The van der Waals surface area contributed by atoms with E-state index in [-0.39, 0.29) is 0 Å². The Morgan fingerprint density at radius 3 is 2.58 bits per heavy atom. The third-order valence-corrected chi connectivity index (χ3v) is 3.33. The van der Waals surface area contributed by atoms with Crippen LogP contribution in [-0.2, 0) is 0 Å². The number of nitrogens with zero attached hydrogens (tertiary/aromatic N) is 2. The van der Waals surface area contributed by atoms with Gasteiger partial charge in [-0.2, -0.15) is 0 Å². The molecule has 0 radical (unpaired) electrons. The van der Waals surface area contributed by atoms with Gasteiger partial charge in [0.1, 0.15) is 10.9 Å². The molecule has 3 nitrogen and oxygen atoms in total. The molecular weight excluding hydrogens is 260 g/mol. The van der Waals surface area contributed by atoms with Crippen LogP contribution in [0.15, 0.2) is 30.3 Å². The van der Waals surface area contributed by atoms with E-state index < -0.39 is 0 Å². The van der Waals surface area contributed by atoms with Gasteiger partial charge in [-0.05, 0) is 50.1 Å². The minimum absolute atomic E-state index is 0.515. The molecule has 4 heteroatoms. The zero-order chi connectivity index (χ0) is 13.2. The van der Waals surface area contributed by atoms with Crippen molar-refractivity contribution in [1.29, 1.82) is 0 Å². The van der Waals surface area contributed by atoms with Crippen LogP contribution in [0.1, 0.15) is 31.4 Å². The number of hydrogen-bond acceptors (Lipinski definition) is 3. The second kappa shape index (κ2) is 5.17. The minimum Gasteiger partial charge on any atom is -0.494 e. The van der Waals surface area contributed by atoms with Crippen molar-refractivity contribution in [3.05, 3.63) is 41.2 Å². The maximum atomic E-state index is 6.08. The Hall–Kier alpha value is -1.61. The third-order valence-electron chi connectivity index (χ3n) is 3.13. The number of rotatable bonds is 4. The maximum Gasteiger partial charge on any atom is 0.161 e. The Bertz CT molecular complexity index is 579. The molecule has 0 N–H and O–H groups in total. The van der Waals surface area contributed by atoms with Crippen LogP contribution < -0.4 is 4.74 Å². The standard InChI is InChI=1S/C15H15ClN2O/c1-2-19-12-7-5-11(6-8-12)15-17-13(10-3-4-10)9-14(16)18-15/h5-10H,2-4H2,1H3. The van der Waals surface area contributed by atoms with Gasteiger partial charge in [-0.3, -0.25) is 0 Å². The first-order chi connectivity index (χ1) is 9.26. The van der Waals surface area contributed by atoms with Crippen molar-refractivity contribution in [3.8, 4) is 17.1 Å². The highest BCUT2D eigenvalue weighted by Gasteiger charge is 2.26. The first-order valence-corrected chi connectivity index (χ1v) is 6.92. The van der Waals surface area contributed by atoms with Crippen LogP contribution in [0.25, 0.3) is 11.4 Å². The molecule has 0 aliphatic heterocycles. The molecule has 1 aliphatic carbocycles. The monoisotopic (exact) mass is 274 g/mol. The van der Waals surface area contributed by atoms with E-state index in [1.807, 2.05) is 37.3 Å². The van der Waals surface area contributed by atoms with Crippen molar-refractivity contribution in [3.63, 3.8) is 0 Å². The molecule has 0 unspecified atom stereocenters. The van der Waals surface area contributed by atoms with E-state index in [1.54, 1.807) is 0 Å². The number of hydrogen-bond donors (Lipinski definition) is 0. The van der Waals surface area contributed by atoms with Crippen LogP contribution in [0.2, 0.25) is 5.15 Å². The van der Waals surface area contributed by atoms with Gasteiger partial charge in [0.05, 0.1) is 6.61 Å². The predicted molar refractivity (Wildman–Crippen MR) is 75.6 cm³/mol. The average molecular weight is 275 g/mol. The van der Waals surface area contributed by atoms with Crippen molar-refractivity contribution in [1.82, 2.24) is 9.97 Å². The molecule has 1 aliphatic rings. The summed E-state index contributed by atoms with van der Waals surface area (Å²) in [6, 6.07) is 9.66. The summed E-state index contributed by atoms with van der Waals surface area (Å²) >= 11 is 6.08. The Labute approximate surface area is 117 Å². The molecule has 1 saturated carbocycles. The summed E-state index contributed by atoms with van der Waals surface area (Å²) in [5.41, 5.74) is 2.02. The fourth-order valence-electron chi connectivity index (χ4n) is 2.02. The summed E-state index contributed by atoms with van der Waals surface area (Å²) in [7, 11) is 0. The molecule has 2 aromatic rings. The molecule has 0 bridgehead atoms. The highest BCUT2D eigenvalue weighted by Crippen LogP contribution is 2.40. The molecule has 1 aromatic carbocycles. The van der Waals surface area contributed by atoms with Crippen LogP contribution in [-0.4, -0.2) is 16.6 Å². The van der Waals surface area contributed by atoms with Gasteiger partial charge in [0, 0.05) is 17.2 Å². The van der Waals surface area contributed by atoms with Gasteiger partial charge in [-0.15, -0.1) is 0 Å². The minimum atomic E-state index is 0.515. The van der Waals surface area contributed by atoms with E-state index in [4.69, 9.17) is 16.3 Å². The zero-order valence-corrected chi connectivity index (χ0v) is 11.5. The van der Waals surface area contributed by atoms with Crippen LogP contribution in [0, 0.1) is 0 Å². The van der Waals surface area contributed by atoms with E-state index in [9.17, 15) is 0 Å². The lowest BCUT2D eigenvalue weighted by atomic mass is 10.2. The summed E-state index contributed by atoms with van der Waals surface area (Å²) in [6.07, 6.45) is 2.41. The number of ether oxygens (including phenoxy) is 1. The van der Waals surface area contributed by atoms with E-state index in [0.717, 1.165) is 17.0 Å². The summed E-state index contributed by atoms with van der Waals surface area (Å²) < 4.78 is 5.43. The number of benzene rings is 1. The maximum absolute atomic E-state index is 6.08. The Morgan fingerprint density at radius 2 is 1.95 bits per heavy atom. The fraction of sp³-hybridized carbons (Fsp3) is 0.333. The number of aromatic nitrogens is 2. The molecule has 0 amide bonds. The lowest BCUT2D eigenvalue weighted by molar-refractivity contribution is 0.340. The summed E-state index contributed by atoms with van der Waals surface area (Å²) in [5, 5.41) is 0.515. The van der Waals surface area contributed by atoms with Gasteiger partial charge in [0.15, 0.2) is 5.82 Å². The summed E-state index contributed by atoms with van der Waals surface area (Å²) in [4.78, 5) is 8.91. The quantitative estimate of drug-likeness (QED) is 0.788. The molecule has 0 saturated heterocycles. The molecule has 1 heterocycles. The number of halogens is 1. The van der Waals surface area contributed by atoms with Gasteiger partial charge >= 0.3 is 0 Å². The van der Waals surface area contributed by atoms with Crippen LogP contribution >= 0.6 is 11.6 Å². The zero-order valence-electron chi connectivity index (χ0n) is 10.8. The molecular formula is C15H15ClN2O. The molecule has 19 heavy (non-hydrogen) atoms. The molecule has 1 aromatic heterocycles. The highest BCUT2D eigenvalue weighted by atomic mass is 35.5. The Kier molecular flexibility index (Phi) is 3.38. The first kappa shape index (κ1) is 12.4. The molecule has 1 fully saturated rings. The van der Waals surface area contributed by atoms with Crippen molar-refractivity contribution in [2.24, 2.45) is 0 Å². The fourth-order valence-corrected chi connectivity index (χ4v) is 2.21. The Morgan fingerprint density at radius 1 is 1.21 bits per heavy atom. The lowest BCUT2D eigenvalue weighted by Gasteiger charge is -2.06. The molecule has 0 atom stereocenters.